The third-order valence-corrected chi connectivity index (χ3v) is 3.40. The first kappa shape index (κ1) is 12.8. The van der Waals surface area contributed by atoms with Crippen molar-refractivity contribution in [2.75, 3.05) is 6.54 Å². The van der Waals surface area contributed by atoms with Crippen LogP contribution in [0.3, 0.4) is 0 Å². The lowest BCUT2D eigenvalue weighted by Crippen LogP contribution is -2.41. The van der Waals surface area contributed by atoms with Gasteiger partial charge in [-0.2, -0.15) is 0 Å². The van der Waals surface area contributed by atoms with Gasteiger partial charge in [0.25, 0.3) is 0 Å². The van der Waals surface area contributed by atoms with Crippen molar-refractivity contribution >= 4 is 7.12 Å². The summed E-state index contributed by atoms with van der Waals surface area (Å²) in [6.07, 6.45) is 0. The maximum Gasteiger partial charge on any atom is 0.491 e. The Morgan fingerprint density at radius 3 is 1.73 bits per heavy atom. The molecule has 0 saturated carbocycles. The third-order valence-electron chi connectivity index (χ3n) is 3.40. The van der Waals surface area contributed by atoms with Gasteiger partial charge in [0.05, 0.1) is 11.2 Å². The lowest BCUT2D eigenvalue weighted by Gasteiger charge is -2.32. The van der Waals surface area contributed by atoms with Crippen LogP contribution in [0.2, 0.25) is 0 Å². The van der Waals surface area contributed by atoms with Gasteiger partial charge in [-0.05, 0) is 47.0 Å². The van der Waals surface area contributed by atoms with E-state index in [1.54, 1.807) is 0 Å². The van der Waals surface area contributed by atoms with Gasteiger partial charge in [-0.3, -0.25) is 0 Å². The van der Waals surface area contributed by atoms with E-state index >= 15 is 0 Å². The molecule has 1 saturated heterocycles. The van der Waals surface area contributed by atoms with Crippen molar-refractivity contribution < 1.29 is 9.31 Å². The molecule has 1 aliphatic heterocycles. The van der Waals surface area contributed by atoms with Gasteiger partial charge in [-0.1, -0.05) is 5.57 Å². The first-order chi connectivity index (χ1) is 6.71. The first-order valence-corrected chi connectivity index (χ1v) is 5.43. The van der Waals surface area contributed by atoms with E-state index < -0.39 is 0 Å². The minimum Gasteiger partial charge on any atom is -0.400 e. The molecule has 4 heteroatoms. The second kappa shape index (κ2) is 3.93. The molecule has 3 nitrogen and oxygen atoms in total. The van der Waals surface area contributed by atoms with Gasteiger partial charge in [0.2, 0.25) is 0 Å². The summed E-state index contributed by atoms with van der Waals surface area (Å²) in [5.74, 6) is 0. The number of allylic oxidation sites excluding steroid dienone is 1. The molecule has 0 aromatic heterocycles. The van der Waals surface area contributed by atoms with Gasteiger partial charge in [0, 0.05) is 6.54 Å². The Morgan fingerprint density at radius 1 is 1.07 bits per heavy atom. The molecule has 1 fully saturated rings. The van der Waals surface area contributed by atoms with Crippen molar-refractivity contribution in [3.8, 4) is 0 Å². The van der Waals surface area contributed by atoms with Crippen LogP contribution in [0.5, 0.6) is 0 Å². The molecule has 0 spiro atoms. The van der Waals surface area contributed by atoms with E-state index in [1.807, 2.05) is 41.5 Å². The van der Waals surface area contributed by atoms with Gasteiger partial charge in [-0.15, -0.1) is 0 Å². The van der Waals surface area contributed by atoms with E-state index in [9.17, 15) is 0 Å². The molecule has 15 heavy (non-hydrogen) atoms. The van der Waals surface area contributed by atoms with E-state index in [0.29, 0.717) is 6.54 Å². The molecular weight excluding hydrogens is 189 g/mol. The van der Waals surface area contributed by atoms with Gasteiger partial charge in [-0.25, -0.2) is 0 Å². The van der Waals surface area contributed by atoms with Crippen molar-refractivity contribution in [1.29, 1.82) is 0 Å². The van der Waals surface area contributed by atoms with Crippen molar-refractivity contribution in [1.82, 2.24) is 0 Å². The van der Waals surface area contributed by atoms with Crippen LogP contribution in [-0.2, 0) is 9.31 Å². The van der Waals surface area contributed by atoms with E-state index in [0.717, 1.165) is 5.47 Å². The van der Waals surface area contributed by atoms with Gasteiger partial charge in [0.15, 0.2) is 0 Å². The molecule has 0 unspecified atom stereocenters. The Hall–Kier alpha value is -0.315. The van der Waals surface area contributed by atoms with Crippen LogP contribution in [0, 0.1) is 0 Å². The Kier molecular flexibility index (Phi) is 3.34. The highest BCUT2D eigenvalue weighted by Gasteiger charge is 2.52. The smallest absolute Gasteiger partial charge is 0.400 e. The van der Waals surface area contributed by atoms with Crippen LogP contribution in [0.15, 0.2) is 11.0 Å². The number of hydrogen-bond donors (Lipinski definition) is 1. The SMILES string of the molecule is CC(C)=C(CN)B1OC(C)(C)C(C)(C)O1. The fraction of sp³-hybridized carbons (Fsp3) is 0.818. The first-order valence-electron chi connectivity index (χ1n) is 5.43. The Bertz CT molecular complexity index is 264. The monoisotopic (exact) mass is 211 g/mol. The van der Waals surface area contributed by atoms with E-state index in [2.05, 4.69) is 0 Å². The number of rotatable bonds is 2. The average Bonchev–Trinajstić information content (AvgIpc) is 2.21. The fourth-order valence-corrected chi connectivity index (χ4v) is 1.52. The van der Waals surface area contributed by atoms with Gasteiger partial charge in [0.1, 0.15) is 0 Å². The largest absolute Gasteiger partial charge is 0.491 e. The predicted molar refractivity (Wildman–Crippen MR) is 63.5 cm³/mol. The maximum atomic E-state index is 5.92. The lowest BCUT2D eigenvalue weighted by molar-refractivity contribution is 0.00578. The summed E-state index contributed by atoms with van der Waals surface area (Å²) in [6, 6.07) is 0. The number of hydrogen-bond acceptors (Lipinski definition) is 3. The maximum absolute atomic E-state index is 5.92. The quantitative estimate of drug-likeness (QED) is 0.709. The molecule has 0 amide bonds. The molecule has 0 aliphatic carbocycles. The summed E-state index contributed by atoms with van der Waals surface area (Å²) in [7, 11) is -0.287. The zero-order valence-corrected chi connectivity index (χ0v) is 10.7. The van der Waals surface area contributed by atoms with Gasteiger partial charge < -0.3 is 15.0 Å². The highest BCUT2D eigenvalue weighted by molar-refractivity contribution is 6.55. The predicted octanol–water partition coefficient (Wildman–Crippen LogP) is 1.91. The molecule has 0 radical (unpaired) electrons. The summed E-state index contributed by atoms with van der Waals surface area (Å²) < 4.78 is 11.8. The van der Waals surface area contributed by atoms with Crippen LogP contribution in [-0.4, -0.2) is 24.9 Å². The second-order valence-corrected chi connectivity index (χ2v) is 5.32. The van der Waals surface area contributed by atoms with Crippen molar-refractivity contribution in [2.45, 2.75) is 52.7 Å². The van der Waals surface area contributed by atoms with Crippen molar-refractivity contribution in [3.05, 3.63) is 11.0 Å². The van der Waals surface area contributed by atoms with E-state index in [1.165, 1.54) is 5.57 Å². The normalized spacial score (nSPS) is 23.0. The van der Waals surface area contributed by atoms with Gasteiger partial charge >= 0.3 is 7.12 Å². The van der Waals surface area contributed by atoms with Crippen LogP contribution in [0.1, 0.15) is 41.5 Å². The minimum atomic E-state index is -0.287. The highest BCUT2D eigenvalue weighted by Crippen LogP contribution is 2.38. The summed E-state index contributed by atoms with van der Waals surface area (Å²) in [6.45, 7) is 12.7. The van der Waals surface area contributed by atoms with Crippen molar-refractivity contribution in [3.63, 3.8) is 0 Å². The Morgan fingerprint density at radius 2 is 1.47 bits per heavy atom. The molecule has 2 N–H and O–H groups in total. The molecule has 1 rings (SSSR count). The zero-order valence-electron chi connectivity index (χ0n) is 10.7. The van der Waals surface area contributed by atoms with E-state index in [-0.39, 0.29) is 18.3 Å². The molecular formula is C11H22BNO2. The second-order valence-electron chi connectivity index (χ2n) is 5.32. The molecule has 0 aromatic carbocycles. The Labute approximate surface area is 93.2 Å². The minimum absolute atomic E-state index is 0.284. The Balaban J connectivity index is 2.92. The molecule has 1 aliphatic rings. The molecule has 86 valence electrons. The van der Waals surface area contributed by atoms with E-state index in [4.69, 9.17) is 15.0 Å². The molecule has 0 aromatic rings. The third kappa shape index (κ3) is 2.27. The highest BCUT2D eigenvalue weighted by atomic mass is 16.7. The summed E-state index contributed by atoms with van der Waals surface area (Å²) in [4.78, 5) is 0. The lowest BCUT2D eigenvalue weighted by atomic mass is 9.75. The summed E-state index contributed by atoms with van der Waals surface area (Å²) >= 11 is 0. The van der Waals surface area contributed by atoms with Crippen LogP contribution in [0.4, 0.5) is 0 Å². The van der Waals surface area contributed by atoms with Crippen LogP contribution in [0.25, 0.3) is 0 Å². The summed E-state index contributed by atoms with van der Waals surface area (Å²) in [5.41, 5.74) is 7.37. The fourth-order valence-electron chi connectivity index (χ4n) is 1.52. The van der Waals surface area contributed by atoms with Crippen LogP contribution >= 0.6 is 0 Å². The number of nitrogens with two attached hydrogens (primary N) is 1. The molecule has 1 heterocycles. The molecule has 0 atom stereocenters. The van der Waals surface area contributed by atoms with Crippen LogP contribution < -0.4 is 5.73 Å². The standard InChI is InChI=1S/C11H22BNO2/c1-8(2)9(7-13)12-14-10(3,4)11(5,6)15-12/h7,13H2,1-6H3. The van der Waals surface area contributed by atoms with Crippen molar-refractivity contribution in [2.24, 2.45) is 5.73 Å². The summed E-state index contributed by atoms with van der Waals surface area (Å²) in [5, 5.41) is 0. The average molecular weight is 211 g/mol. The zero-order chi connectivity index (χ0) is 11.9. The molecule has 0 bridgehead atoms. The topological polar surface area (TPSA) is 44.5 Å².